The molecular formula is C50H66B3IN21O13S. The fraction of sp³-hybridized carbons (Fsp3) is 0.460. The first-order valence-electron chi connectivity index (χ1n) is 27.3. The highest BCUT2D eigenvalue weighted by atomic mass is 127. The number of aromatic nitrogens is 9. The van der Waals surface area contributed by atoms with E-state index in [1.165, 1.54) is 45.5 Å². The lowest BCUT2D eigenvalue weighted by molar-refractivity contribution is -0.107. The van der Waals surface area contributed by atoms with E-state index in [2.05, 4.69) is 94.4 Å². The number of hydroxylamine groups is 6. The largest absolute Gasteiger partial charge is 0.418 e. The van der Waals surface area contributed by atoms with E-state index in [0.29, 0.717) is 75.9 Å². The van der Waals surface area contributed by atoms with Crippen molar-refractivity contribution >= 4 is 115 Å². The Kier molecular flexibility index (Phi) is 24.6. The molecule has 8 amide bonds. The second-order valence-corrected chi connectivity index (χ2v) is 23.0. The molecule has 4 atom stereocenters. The van der Waals surface area contributed by atoms with Gasteiger partial charge in [0.1, 0.15) is 6.04 Å². The zero-order valence-electron chi connectivity index (χ0n) is 49.4. The standard InChI is InChI=1S/C14H18BN6O3.C12H16BN6O2.C10H14N6O5S.C9H11IN2O2.C5H7BNO/c1-3-4-24-21-13-5-12(8-19(9-13)14(21)23)20-7-11(16-17-20)6-18(2)15-10-22;1-16(13-8-20)4-9-5-19(15-14-9)11-3-10-6-18(7-11)12(21)17(10)2;1-11-3-7-4-15(13-12-7)8-2-9-6-14(5-8)10(17)16(9)21-22(18,19)20;1-2-3-14-12-8-4-7(10)5-11(6-8)9(12)13;1-3-4-7(2)6-5-8/h3,5,7,10,13H,1,4,6,8-9H2,2H3;3,5,8,10H,4,6-7H2,1-2H3;2,4,9,11H,3,5-6H2,1H3,(H,18,19,20);2,4,8H,1,3,5-6H2;1,5H,4H2,2H3. The van der Waals surface area contributed by atoms with Gasteiger partial charge in [0, 0.05) is 63.0 Å². The van der Waals surface area contributed by atoms with Gasteiger partial charge in [0.15, 0.2) is 0 Å². The summed E-state index contributed by atoms with van der Waals surface area (Å²) in [6.07, 6.45) is 23.4. The van der Waals surface area contributed by atoms with Crippen LogP contribution in [0.2, 0.25) is 0 Å². The number of nitrogens with one attached hydrogen (secondary N) is 1. The van der Waals surface area contributed by atoms with Crippen LogP contribution in [0.3, 0.4) is 0 Å². The molecule has 2 N–H and O–H groups in total. The van der Waals surface area contributed by atoms with Crippen molar-refractivity contribution in [1.29, 1.82) is 0 Å². The van der Waals surface area contributed by atoms with Crippen molar-refractivity contribution in [2.24, 2.45) is 0 Å². The van der Waals surface area contributed by atoms with Crippen LogP contribution in [-0.2, 0) is 58.4 Å². The molecule has 34 nitrogen and oxygen atoms in total. The first kappa shape index (κ1) is 68.6. The van der Waals surface area contributed by atoms with E-state index < -0.39 is 22.5 Å². The van der Waals surface area contributed by atoms with E-state index in [1.807, 2.05) is 19.3 Å². The lowest BCUT2D eigenvalue weighted by Gasteiger charge is -2.20. The Labute approximate surface area is 529 Å². The summed E-state index contributed by atoms with van der Waals surface area (Å²) in [6.45, 7) is 14.1. The monoisotopic (exact) mass is 1360 g/mol. The average Bonchev–Trinajstić information content (AvgIpc) is 1.98. The summed E-state index contributed by atoms with van der Waals surface area (Å²) in [6, 6.07) is -1.40. The number of urea groups is 4. The van der Waals surface area contributed by atoms with E-state index in [1.54, 1.807) is 102 Å². The summed E-state index contributed by atoms with van der Waals surface area (Å²) in [5.41, 5.74) is 4.71. The van der Waals surface area contributed by atoms with Gasteiger partial charge in [-0.25, -0.2) is 33.2 Å². The third-order valence-corrected chi connectivity index (χ3v) is 14.8. The normalized spacial score (nSPS) is 20.3. The SMILES string of the molecule is C#CCN(C)[B]C=O.C=CCON1C(=O)N2CC(I)=CC1C2.C=CCON1C(=O)N2CC(n3cc(CN(C)[B]C=O)nn3)=CC1C2.CN([B]C=O)Cc1cn(C2=CC3CN(C2)C(=O)N3C)nn1.CNCc1cn(C2=CC3CN(C2)C(=O)N3OS(=O)(=O)O)nn1. The van der Waals surface area contributed by atoms with E-state index in [4.69, 9.17) is 20.7 Å². The second kappa shape index (κ2) is 32.0. The molecule has 4 fully saturated rings. The van der Waals surface area contributed by atoms with Crippen molar-refractivity contribution in [3.05, 3.63) is 88.9 Å². The van der Waals surface area contributed by atoms with E-state index in [-0.39, 0.29) is 55.9 Å². The summed E-state index contributed by atoms with van der Waals surface area (Å²) in [5.74, 6) is 2.39. The minimum Gasteiger partial charge on any atom is -0.338 e. The van der Waals surface area contributed by atoms with E-state index in [0.717, 1.165) is 53.9 Å². The van der Waals surface area contributed by atoms with Gasteiger partial charge in [-0.1, -0.05) is 33.7 Å². The minimum absolute atomic E-state index is 0.0419. The maximum Gasteiger partial charge on any atom is 0.418 e. The number of hydrogen-bond acceptors (Lipinski definition) is 22. The van der Waals surface area contributed by atoms with Crippen LogP contribution in [-0.4, -0.2) is 309 Å². The lowest BCUT2D eigenvalue weighted by atomic mass is 9.96. The number of halogens is 1. The van der Waals surface area contributed by atoms with Crippen LogP contribution in [0.1, 0.15) is 17.1 Å². The number of fused-ring (bicyclic) bond motifs is 8. The zero-order chi connectivity index (χ0) is 64.5. The number of likely N-dealkylation sites (N-methyl/N-ethyl adjacent to an activating group) is 1. The van der Waals surface area contributed by atoms with Crippen LogP contribution in [0, 0.1) is 12.3 Å². The molecule has 0 aliphatic carbocycles. The van der Waals surface area contributed by atoms with Gasteiger partial charge in [0.2, 0.25) is 0 Å². The number of rotatable bonds is 24. The van der Waals surface area contributed by atoms with Gasteiger partial charge in [-0.05, 0) is 75.1 Å². The lowest BCUT2D eigenvalue weighted by Crippen LogP contribution is -2.35. The molecule has 39 heteroatoms. The molecule has 3 aromatic rings. The van der Waals surface area contributed by atoms with Crippen LogP contribution in [0.5, 0.6) is 0 Å². The molecule has 8 bridgehead atoms. The molecule has 4 unspecified atom stereocenters. The second-order valence-electron chi connectivity index (χ2n) is 20.6. The quantitative estimate of drug-likeness (QED) is 0.0252. The Bertz CT molecular complexity index is 3360. The highest BCUT2D eigenvalue weighted by Gasteiger charge is 2.45. The van der Waals surface area contributed by atoms with Crippen molar-refractivity contribution in [3.63, 3.8) is 0 Å². The van der Waals surface area contributed by atoms with Crippen LogP contribution in [0.25, 0.3) is 17.1 Å². The highest BCUT2D eigenvalue weighted by Crippen LogP contribution is 2.30. The Balaban J connectivity index is 0.000000164. The first-order valence-corrected chi connectivity index (χ1v) is 29.7. The van der Waals surface area contributed by atoms with E-state index in [9.17, 15) is 42.0 Å². The third-order valence-electron chi connectivity index (χ3n) is 13.7. The fourth-order valence-electron chi connectivity index (χ4n) is 9.73. The Morgan fingerprint density at radius 2 is 1.04 bits per heavy atom. The maximum absolute atomic E-state index is 12.3. The molecule has 471 valence electrons. The zero-order valence-corrected chi connectivity index (χ0v) is 52.4. The van der Waals surface area contributed by atoms with Crippen LogP contribution in [0.4, 0.5) is 19.2 Å². The Morgan fingerprint density at radius 1 is 0.652 bits per heavy atom. The summed E-state index contributed by atoms with van der Waals surface area (Å²) >= 11 is 2.25. The predicted octanol–water partition coefficient (Wildman–Crippen LogP) is -1.70. The highest BCUT2D eigenvalue weighted by molar-refractivity contribution is 14.1. The van der Waals surface area contributed by atoms with Crippen molar-refractivity contribution < 1.29 is 60.5 Å². The molecule has 3 radical (unpaired) electrons. The number of terminal acetylenes is 1. The molecule has 8 aliphatic heterocycles. The van der Waals surface area contributed by atoms with Crippen LogP contribution >= 0.6 is 22.6 Å². The fourth-order valence-corrected chi connectivity index (χ4v) is 10.9. The average molecular weight is 1360 g/mol. The number of hydrogen-bond donors (Lipinski definition) is 2. The van der Waals surface area contributed by atoms with E-state index >= 15 is 0 Å². The van der Waals surface area contributed by atoms with Crippen molar-refractivity contribution in [1.82, 2.24) is 104 Å². The topological polar surface area (TPSA) is 341 Å². The molecule has 0 saturated carbocycles. The maximum atomic E-state index is 12.3. The molecule has 0 aromatic carbocycles. The van der Waals surface area contributed by atoms with Gasteiger partial charge in [-0.3, -0.25) is 14.2 Å². The third kappa shape index (κ3) is 18.3. The van der Waals surface area contributed by atoms with Crippen molar-refractivity contribution in [2.45, 2.75) is 43.8 Å². The van der Waals surface area contributed by atoms with Crippen molar-refractivity contribution in [2.75, 3.05) is 107 Å². The molecule has 89 heavy (non-hydrogen) atoms. The van der Waals surface area contributed by atoms with Gasteiger partial charge in [0.05, 0.1) is 129 Å². The van der Waals surface area contributed by atoms with Gasteiger partial charge >= 0.3 is 34.5 Å². The summed E-state index contributed by atoms with van der Waals surface area (Å²) in [7, 11) is 8.42. The predicted molar refractivity (Wildman–Crippen MR) is 331 cm³/mol. The minimum atomic E-state index is -4.76. The van der Waals surface area contributed by atoms with Crippen LogP contribution in [0.15, 0.2) is 71.8 Å². The number of carbonyl (C=O) groups is 7. The summed E-state index contributed by atoms with van der Waals surface area (Å²) in [5, 5.41) is 30.8. The summed E-state index contributed by atoms with van der Waals surface area (Å²) in [4.78, 5) is 103. The molecule has 4 saturated heterocycles. The molecule has 3 aromatic heterocycles. The smallest absolute Gasteiger partial charge is 0.338 e. The summed E-state index contributed by atoms with van der Waals surface area (Å²) < 4.78 is 40.8. The number of amides is 8. The molecule has 8 aliphatic rings. The Morgan fingerprint density at radius 3 is 1.48 bits per heavy atom. The molecular weight excluding hydrogens is 1290 g/mol. The first-order chi connectivity index (χ1) is 42.6. The molecule has 0 spiro atoms. The molecule has 11 rings (SSSR count). The molecule has 11 heterocycles. The van der Waals surface area contributed by atoms with Crippen molar-refractivity contribution in [3.8, 4) is 12.3 Å². The number of nitrogens with zero attached hydrogens (tertiary/aromatic N) is 20. The van der Waals surface area contributed by atoms with Gasteiger partial charge < -0.3 is 58.6 Å². The number of carbonyl (C=O) groups excluding carboxylic acids is 7. The van der Waals surface area contributed by atoms with Crippen LogP contribution < -0.4 is 5.32 Å². The Hall–Kier alpha value is -7.94. The van der Waals surface area contributed by atoms with Gasteiger partial charge in [0.25, 0.3) is 22.2 Å². The van der Waals surface area contributed by atoms with Gasteiger partial charge in [-0.15, -0.1) is 39.2 Å². The van der Waals surface area contributed by atoms with Gasteiger partial charge in [-0.2, -0.15) is 23.6 Å².